The van der Waals surface area contributed by atoms with Crippen LogP contribution in [0.15, 0.2) is 77.3 Å². The second-order valence-corrected chi connectivity index (χ2v) is 8.93. The van der Waals surface area contributed by atoms with E-state index in [0.29, 0.717) is 33.4 Å². The highest BCUT2D eigenvalue weighted by atomic mass is 32.2. The summed E-state index contributed by atoms with van der Waals surface area (Å²) in [5.41, 5.74) is 2.68. The van der Waals surface area contributed by atoms with Crippen LogP contribution in [0.1, 0.15) is 30.4 Å². The first-order chi connectivity index (χ1) is 16.4. The predicted octanol–water partition coefficient (Wildman–Crippen LogP) is 3.53. The summed E-state index contributed by atoms with van der Waals surface area (Å²) >= 11 is 1.34. The lowest BCUT2D eigenvalue weighted by Crippen LogP contribution is -2.60. The van der Waals surface area contributed by atoms with Gasteiger partial charge in [-0.1, -0.05) is 48.2 Å². The summed E-state index contributed by atoms with van der Waals surface area (Å²) in [6, 6.07) is 14.8. The first-order valence-corrected chi connectivity index (χ1v) is 11.7. The molecule has 0 saturated heterocycles. The second-order valence-electron chi connectivity index (χ2n) is 7.92. The van der Waals surface area contributed by atoms with E-state index in [4.69, 9.17) is 5.10 Å². The molecule has 1 aliphatic rings. The summed E-state index contributed by atoms with van der Waals surface area (Å²) < 4.78 is 3.16. The van der Waals surface area contributed by atoms with E-state index < -0.39 is 6.17 Å². The van der Waals surface area contributed by atoms with Crippen molar-refractivity contribution < 1.29 is 14.3 Å². The maximum absolute atomic E-state index is 13.3. The number of fused-ring (bicyclic) bond motifs is 4. The minimum absolute atomic E-state index is 0.153. The smallest absolute Gasteiger partial charge is 0.291 e. The Labute approximate surface area is 199 Å². The molecule has 1 atom stereocenters. The fourth-order valence-electron chi connectivity index (χ4n) is 4.47. The molecule has 9 heteroatoms. The summed E-state index contributed by atoms with van der Waals surface area (Å²) in [5, 5.41) is 5.96. The first kappa shape index (κ1) is 21.8. The van der Waals surface area contributed by atoms with E-state index in [1.54, 1.807) is 32.5 Å². The summed E-state index contributed by atoms with van der Waals surface area (Å²) in [6.07, 6.45) is 2.69. The van der Waals surface area contributed by atoms with Crippen molar-refractivity contribution in [1.29, 1.82) is 0 Å². The number of para-hydroxylation sites is 2. The molecule has 170 valence electrons. The number of hydrogen-bond donors (Lipinski definition) is 1. The average Bonchev–Trinajstić information content (AvgIpc) is 3.21. The van der Waals surface area contributed by atoms with Gasteiger partial charge >= 0.3 is 11.3 Å². The molecule has 5 rings (SSSR count). The van der Waals surface area contributed by atoms with Crippen molar-refractivity contribution in [1.82, 2.24) is 14.6 Å². The summed E-state index contributed by atoms with van der Waals surface area (Å²) in [6.45, 7) is 6.71. The van der Waals surface area contributed by atoms with Gasteiger partial charge in [0.15, 0.2) is 0 Å². The minimum atomic E-state index is -0.765. The molecule has 3 heterocycles. The van der Waals surface area contributed by atoms with Crippen LogP contribution < -0.4 is 15.1 Å². The van der Waals surface area contributed by atoms with Crippen molar-refractivity contribution in [3.05, 3.63) is 83.3 Å². The van der Waals surface area contributed by atoms with Crippen LogP contribution >= 0.6 is 11.8 Å². The maximum atomic E-state index is 13.3. The SMILES string of the molecule is C=CCSc1n[n+]2c(c(=O)[nH]1)-c1ccccc1N(C(C)=O)[C@@H]2c1cn(C(C)=O)c2ccccc12. The highest BCUT2D eigenvalue weighted by Gasteiger charge is 2.46. The first-order valence-electron chi connectivity index (χ1n) is 10.7. The molecule has 0 fully saturated rings. The molecule has 0 bridgehead atoms. The monoisotopic (exact) mass is 472 g/mol. The van der Waals surface area contributed by atoms with Crippen LogP contribution in [0.5, 0.6) is 0 Å². The normalized spacial score (nSPS) is 14.5. The van der Waals surface area contributed by atoms with Gasteiger partial charge in [0.05, 0.1) is 22.3 Å². The molecule has 34 heavy (non-hydrogen) atoms. The lowest BCUT2D eigenvalue weighted by molar-refractivity contribution is -0.762. The zero-order chi connectivity index (χ0) is 24.0. The van der Waals surface area contributed by atoms with Crippen LogP contribution in [-0.2, 0) is 4.79 Å². The van der Waals surface area contributed by atoms with Crippen molar-refractivity contribution in [2.75, 3.05) is 10.7 Å². The molecule has 0 aliphatic carbocycles. The van der Waals surface area contributed by atoms with Gasteiger partial charge in [-0.2, -0.15) is 0 Å². The Balaban J connectivity index is 1.88. The Bertz CT molecular complexity index is 1540. The Morgan fingerprint density at radius 2 is 1.88 bits per heavy atom. The number of carbonyl (C=O) groups excluding carboxylic acids is 2. The van der Waals surface area contributed by atoms with Crippen molar-refractivity contribution >= 4 is 40.2 Å². The number of benzene rings is 2. The molecule has 2 aromatic carbocycles. The molecule has 1 aliphatic heterocycles. The number of H-pyrrole nitrogens is 1. The van der Waals surface area contributed by atoms with Gasteiger partial charge in [0.25, 0.3) is 6.17 Å². The Hall–Kier alpha value is -3.98. The Morgan fingerprint density at radius 3 is 2.62 bits per heavy atom. The van der Waals surface area contributed by atoms with Gasteiger partial charge < -0.3 is 0 Å². The summed E-state index contributed by atoms with van der Waals surface area (Å²) in [5.74, 6) is 0.195. The third-order valence-electron chi connectivity index (χ3n) is 5.80. The van der Waals surface area contributed by atoms with E-state index in [9.17, 15) is 14.4 Å². The van der Waals surface area contributed by atoms with Crippen molar-refractivity contribution in [3.63, 3.8) is 0 Å². The molecule has 0 spiro atoms. The van der Waals surface area contributed by atoms with E-state index in [-0.39, 0.29) is 17.4 Å². The lowest BCUT2D eigenvalue weighted by atomic mass is 10.0. The molecule has 8 nitrogen and oxygen atoms in total. The van der Waals surface area contributed by atoms with Gasteiger partial charge in [0.2, 0.25) is 17.0 Å². The van der Waals surface area contributed by atoms with Gasteiger partial charge in [-0.3, -0.25) is 23.9 Å². The van der Waals surface area contributed by atoms with Gasteiger partial charge in [0.1, 0.15) is 0 Å². The highest BCUT2D eigenvalue weighted by Crippen LogP contribution is 2.39. The Kier molecular flexibility index (Phi) is 5.41. The number of nitrogens with zero attached hydrogens (tertiary/aromatic N) is 4. The molecule has 1 N–H and O–H groups in total. The van der Waals surface area contributed by atoms with Crippen LogP contribution in [-0.4, -0.2) is 32.2 Å². The van der Waals surface area contributed by atoms with E-state index in [2.05, 4.69) is 11.6 Å². The van der Waals surface area contributed by atoms with Crippen molar-refractivity contribution in [3.8, 4) is 11.3 Å². The van der Waals surface area contributed by atoms with E-state index in [1.165, 1.54) is 25.6 Å². The number of rotatable bonds is 4. The number of carbonyl (C=O) groups is 2. The summed E-state index contributed by atoms with van der Waals surface area (Å²) in [7, 11) is 0. The zero-order valence-corrected chi connectivity index (χ0v) is 19.5. The maximum Gasteiger partial charge on any atom is 0.325 e. The minimum Gasteiger partial charge on any atom is -0.291 e. The lowest BCUT2D eigenvalue weighted by Gasteiger charge is -2.31. The van der Waals surface area contributed by atoms with Crippen LogP contribution in [0.25, 0.3) is 22.2 Å². The van der Waals surface area contributed by atoms with Gasteiger partial charge in [-0.05, 0) is 22.9 Å². The fourth-order valence-corrected chi connectivity index (χ4v) is 5.06. The van der Waals surface area contributed by atoms with Crippen molar-refractivity contribution in [2.45, 2.75) is 25.2 Å². The quantitative estimate of drug-likeness (QED) is 0.279. The second kappa shape index (κ2) is 8.42. The molecular weight excluding hydrogens is 450 g/mol. The van der Waals surface area contributed by atoms with Gasteiger partial charge in [0, 0.05) is 36.3 Å². The van der Waals surface area contributed by atoms with Crippen LogP contribution in [0.2, 0.25) is 0 Å². The largest absolute Gasteiger partial charge is 0.325 e. The van der Waals surface area contributed by atoms with E-state index >= 15 is 0 Å². The highest BCUT2D eigenvalue weighted by molar-refractivity contribution is 7.99. The number of hydrogen-bond acceptors (Lipinski definition) is 5. The topological polar surface area (TPSA) is 91.9 Å². The summed E-state index contributed by atoms with van der Waals surface area (Å²) in [4.78, 5) is 43.3. The number of aromatic amines is 1. The standard InChI is InChI=1S/C25H21N5O3S/c1-4-13-34-25-26-23(33)22-18-10-6-8-12-21(18)29(16(3)32)24(30(22)27-25)19-14-28(15(2)31)20-11-7-5-9-17(19)20/h4-12,14,24H,1,13H2,2-3H3/p+1/t24-/m0/s1. The van der Waals surface area contributed by atoms with Gasteiger partial charge in [-0.15, -0.1) is 6.58 Å². The van der Waals surface area contributed by atoms with Crippen molar-refractivity contribution in [2.24, 2.45) is 0 Å². The number of thioether (sulfide) groups is 1. The number of aromatic nitrogens is 4. The van der Waals surface area contributed by atoms with Crippen LogP contribution in [0, 0.1) is 0 Å². The molecule has 0 radical (unpaired) electrons. The number of nitrogens with one attached hydrogen (secondary N) is 1. The van der Waals surface area contributed by atoms with Crippen LogP contribution in [0.4, 0.5) is 5.69 Å². The van der Waals surface area contributed by atoms with E-state index in [0.717, 1.165) is 10.9 Å². The Morgan fingerprint density at radius 1 is 1.15 bits per heavy atom. The molecular formula is C25H22N5O3S+. The number of amides is 1. The third kappa shape index (κ3) is 3.36. The molecule has 0 unspecified atom stereocenters. The predicted molar refractivity (Wildman–Crippen MR) is 131 cm³/mol. The molecule has 1 amide bonds. The van der Waals surface area contributed by atoms with Crippen LogP contribution in [0.3, 0.4) is 0 Å². The average molecular weight is 473 g/mol. The molecule has 0 saturated carbocycles. The third-order valence-corrected chi connectivity index (χ3v) is 6.66. The molecule has 4 aromatic rings. The molecule has 2 aromatic heterocycles. The fraction of sp³-hybridized carbons (Fsp3) is 0.160. The van der Waals surface area contributed by atoms with Gasteiger partial charge in [-0.25, -0.2) is 4.90 Å². The van der Waals surface area contributed by atoms with E-state index in [1.807, 2.05) is 42.5 Å². The zero-order valence-electron chi connectivity index (χ0n) is 18.7. The number of anilines is 1.